The number of hydrogen-bond donors (Lipinski definition) is 3. The number of nitrogens with zero attached hydrogens (tertiary/aromatic N) is 1. The Morgan fingerprint density at radius 2 is 1.71 bits per heavy atom. The molecule has 0 aromatic heterocycles. The highest BCUT2D eigenvalue weighted by atomic mass is 32.2. The van der Waals surface area contributed by atoms with E-state index in [4.69, 9.17) is 0 Å². The Balaban J connectivity index is 1.34. The average molecular weight is 533 g/mol. The van der Waals surface area contributed by atoms with Crippen molar-refractivity contribution in [1.82, 2.24) is 10.0 Å². The highest BCUT2D eigenvalue weighted by Gasteiger charge is 2.58. The van der Waals surface area contributed by atoms with Gasteiger partial charge in [0.05, 0.1) is 10.5 Å². The number of carbonyl (C=O) groups is 2. The molecule has 3 aliphatic rings. The van der Waals surface area contributed by atoms with Crippen LogP contribution in [-0.4, -0.2) is 31.8 Å². The third kappa shape index (κ3) is 5.30. The summed E-state index contributed by atoms with van der Waals surface area (Å²) in [5, 5.41) is 15.0. The first-order valence-electron chi connectivity index (χ1n) is 12.2. The first-order valence-corrected chi connectivity index (χ1v) is 13.6. The number of benzene rings is 3. The second kappa shape index (κ2) is 10.0. The van der Waals surface area contributed by atoms with Crippen LogP contribution in [0, 0.1) is 23.1 Å². The molecule has 6 rings (SSSR count). The number of halogens is 1. The van der Waals surface area contributed by atoms with E-state index in [0.717, 1.165) is 37.0 Å². The monoisotopic (exact) mass is 532 g/mol. The first-order chi connectivity index (χ1) is 18.2. The van der Waals surface area contributed by atoms with Gasteiger partial charge in [-0.2, -0.15) is 5.26 Å². The van der Waals surface area contributed by atoms with Crippen molar-refractivity contribution >= 4 is 27.5 Å². The molecule has 2 amide bonds. The molecule has 3 aromatic rings. The van der Waals surface area contributed by atoms with Crippen LogP contribution in [0.5, 0.6) is 0 Å². The van der Waals surface area contributed by atoms with Crippen LogP contribution in [0.3, 0.4) is 0 Å². The molecular weight excluding hydrogens is 507 g/mol. The zero-order valence-corrected chi connectivity index (χ0v) is 21.1. The molecule has 3 aromatic carbocycles. The minimum absolute atomic E-state index is 0.100. The first kappa shape index (κ1) is 25.6. The number of sulfonamides is 1. The van der Waals surface area contributed by atoms with E-state index in [0.29, 0.717) is 5.92 Å². The Morgan fingerprint density at radius 1 is 1.03 bits per heavy atom. The molecule has 3 aliphatic carbocycles. The fourth-order valence-electron chi connectivity index (χ4n) is 5.00. The molecule has 194 valence electrons. The number of nitriles is 1. The highest BCUT2D eigenvalue weighted by molar-refractivity contribution is 7.89. The molecule has 8 nitrogen and oxygen atoms in total. The second-order valence-corrected chi connectivity index (χ2v) is 11.5. The van der Waals surface area contributed by atoms with Gasteiger partial charge >= 0.3 is 0 Å². The minimum Gasteiger partial charge on any atom is -0.340 e. The van der Waals surface area contributed by atoms with Crippen LogP contribution >= 0.6 is 0 Å². The van der Waals surface area contributed by atoms with Crippen LogP contribution in [0.25, 0.3) is 0 Å². The van der Waals surface area contributed by atoms with Gasteiger partial charge in [0.1, 0.15) is 17.9 Å². The van der Waals surface area contributed by atoms with Crippen molar-refractivity contribution in [2.24, 2.45) is 5.92 Å². The Hall–Kier alpha value is -4.07. The fourth-order valence-corrected chi connectivity index (χ4v) is 6.58. The van der Waals surface area contributed by atoms with Gasteiger partial charge in [-0.3, -0.25) is 9.59 Å². The van der Waals surface area contributed by atoms with Crippen LogP contribution in [0.2, 0.25) is 0 Å². The fraction of sp³-hybridized carbons (Fsp3) is 0.250. The number of amides is 2. The molecule has 2 bridgehead atoms. The van der Waals surface area contributed by atoms with Gasteiger partial charge in [-0.25, -0.2) is 17.5 Å². The summed E-state index contributed by atoms with van der Waals surface area (Å²) in [5.41, 5.74) is 0.707. The molecule has 3 saturated carbocycles. The molecule has 0 aliphatic heterocycles. The molecular formula is C28H25FN4O4S. The van der Waals surface area contributed by atoms with E-state index in [1.807, 2.05) is 36.4 Å². The number of anilines is 1. The third-order valence-corrected chi connectivity index (χ3v) is 8.69. The number of rotatable bonds is 9. The maximum Gasteiger partial charge on any atom is 0.251 e. The van der Waals surface area contributed by atoms with E-state index in [-0.39, 0.29) is 28.1 Å². The lowest BCUT2D eigenvalue weighted by Crippen LogP contribution is -2.67. The van der Waals surface area contributed by atoms with Crippen LogP contribution in [0.1, 0.15) is 40.7 Å². The SMILES string of the molecule is N#Cc1cc(NC(=O)[C@H](Cc2ccccc2)NC(=O)c2ccc(F)cc2)ccc1S(=O)(=O)NC12CC(C1)C2. The standard InChI is InChI=1S/C28H25FN4O4S/c29-22-8-6-20(7-9-22)26(34)32-24(12-18-4-2-1-3-5-18)27(35)31-23-10-11-25(21(13-23)17-30)38(36,37)33-28-14-19(15-28)16-28/h1-11,13,19,24,33H,12,14-16H2,(H,31,35)(H,32,34)/t19?,24-,28?/m0/s1. The number of nitrogens with one attached hydrogen (secondary N) is 3. The van der Waals surface area contributed by atoms with Gasteiger partial charge in [-0.1, -0.05) is 30.3 Å². The van der Waals surface area contributed by atoms with Gasteiger partial charge in [0.2, 0.25) is 15.9 Å². The largest absolute Gasteiger partial charge is 0.340 e. The van der Waals surface area contributed by atoms with Gasteiger partial charge in [-0.05, 0) is 73.2 Å². The predicted octanol–water partition coefficient (Wildman–Crippen LogP) is 3.51. The maximum absolute atomic E-state index is 13.3. The van der Waals surface area contributed by atoms with Crippen LogP contribution in [0.4, 0.5) is 10.1 Å². The summed E-state index contributed by atoms with van der Waals surface area (Å²) in [6.45, 7) is 0. The third-order valence-electron chi connectivity index (χ3n) is 7.06. The minimum atomic E-state index is -3.90. The Morgan fingerprint density at radius 3 is 2.32 bits per heavy atom. The van der Waals surface area contributed by atoms with E-state index in [2.05, 4.69) is 15.4 Å². The van der Waals surface area contributed by atoms with Crippen molar-refractivity contribution in [3.63, 3.8) is 0 Å². The van der Waals surface area contributed by atoms with Gasteiger partial charge < -0.3 is 10.6 Å². The summed E-state index contributed by atoms with van der Waals surface area (Å²) < 4.78 is 41.9. The highest BCUT2D eigenvalue weighted by Crippen LogP contribution is 2.57. The summed E-state index contributed by atoms with van der Waals surface area (Å²) in [6, 6.07) is 19.0. The quantitative estimate of drug-likeness (QED) is 0.389. The van der Waals surface area contributed by atoms with Crippen molar-refractivity contribution in [2.75, 3.05) is 5.32 Å². The summed E-state index contributed by atoms with van der Waals surface area (Å²) in [4.78, 5) is 25.9. The second-order valence-electron chi connectivity index (χ2n) is 9.90. The van der Waals surface area contributed by atoms with E-state index in [1.54, 1.807) is 0 Å². The van der Waals surface area contributed by atoms with Crippen molar-refractivity contribution < 1.29 is 22.4 Å². The van der Waals surface area contributed by atoms with E-state index in [9.17, 15) is 27.7 Å². The summed E-state index contributed by atoms with van der Waals surface area (Å²) in [6.07, 6.45) is 2.61. The molecule has 0 heterocycles. The summed E-state index contributed by atoms with van der Waals surface area (Å²) in [7, 11) is -3.90. The Labute approximate surface area is 219 Å². The molecule has 3 fully saturated rings. The van der Waals surface area contributed by atoms with E-state index >= 15 is 0 Å². The van der Waals surface area contributed by atoms with Crippen molar-refractivity contribution in [3.8, 4) is 6.07 Å². The molecule has 0 spiro atoms. The van der Waals surface area contributed by atoms with E-state index < -0.39 is 39.2 Å². The lowest BCUT2D eigenvalue weighted by molar-refractivity contribution is -0.118. The molecule has 0 saturated heterocycles. The Bertz CT molecular complexity index is 1520. The van der Waals surface area contributed by atoms with Gasteiger partial charge in [0, 0.05) is 23.2 Å². The summed E-state index contributed by atoms with van der Waals surface area (Å²) in [5.74, 6) is -1.02. The molecule has 1 atom stereocenters. The van der Waals surface area contributed by atoms with Crippen LogP contribution in [0.15, 0.2) is 77.7 Å². The van der Waals surface area contributed by atoms with Crippen LogP contribution < -0.4 is 15.4 Å². The van der Waals surface area contributed by atoms with Gasteiger partial charge in [0.25, 0.3) is 5.91 Å². The predicted molar refractivity (Wildman–Crippen MR) is 138 cm³/mol. The van der Waals surface area contributed by atoms with Crippen molar-refractivity contribution in [1.29, 1.82) is 5.26 Å². The van der Waals surface area contributed by atoms with Gasteiger partial charge in [0.15, 0.2) is 0 Å². The smallest absolute Gasteiger partial charge is 0.251 e. The molecule has 3 N–H and O–H groups in total. The van der Waals surface area contributed by atoms with E-state index in [1.165, 1.54) is 30.3 Å². The average Bonchev–Trinajstić information content (AvgIpc) is 2.86. The Kier molecular flexibility index (Phi) is 6.73. The molecule has 0 radical (unpaired) electrons. The lowest BCUT2D eigenvalue weighted by atomic mass is 9.50. The number of hydrogen-bond acceptors (Lipinski definition) is 5. The summed E-state index contributed by atoms with van der Waals surface area (Å²) >= 11 is 0. The number of carbonyl (C=O) groups excluding carboxylic acids is 2. The molecule has 0 unspecified atom stereocenters. The molecule has 10 heteroatoms. The lowest BCUT2D eigenvalue weighted by Gasteiger charge is -2.61. The van der Waals surface area contributed by atoms with Crippen molar-refractivity contribution in [3.05, 3.63) is 95.3 Å². The van der Waals surface area contributed by atoms with Crippen LogP contribution in [-0.2, 0) is 21.2 Å². The molecule has 38 heavy (non-hydrogen) atoms. The maximum atomic E-state index is 13.3. The zero-order chi connectivity index (χ0) is 26.9. The van der Waals surface area contributed by atoms with Gasteiger partial charge in [-0.15, -0.1) is 0 Å². The zero-order valence-electron chi connectivity index (χ0n) is 20.3. The topological polar surface area (TPSA) is 128 Å². The van der Waals surface area contributed by atoms with Crippen molar-refractivity contribution in [2.45, 2.75) is 42.2 Å². The normalized spacial score (nSPS) is 20.3.